The fourth-order valence-corrected chi connectivity index (χ4v) is 4.89. The number of halogens is 3. The van der Waals surface area contributed by atoms with Crippen LogP contribution in [0, 0.1) is 0 Å². The minimum Gasteiger partial charge on any atom is -0.340 e. The van der Waals surface area contributed by atoms with Crippen LogP contribution >= 0.6 is 0 Å². The number of pyridine rings is 1. The Hall–Kier alpha value is -2.65. The number of rotatable bonds is 4. The minimum atomic E-state index is -4.47. The Balaban J connectivity index is 1.30. The fraction of sp³-hybridized carbons (Fsp3) is 0.455. The van der Waals surface area contributed by atoms with E-state index in [1.807, 2.05) is 6.20 Å². The molecule has 0 unspecified atom stereocenters. The monoisotopic (exact) mass is 432 g/mol. The molecule has 31 heavy (non-hydrogen) atoms. The number of aromatic nitrogens is 3. The van der Waals surface area contributed by atoms with Crippen molar-refractivity contribution in [1.29, 1.82) is 0 Å². The number of imidazole rings is 1. The highest BCUT2D eigenvalue weighted by Gasteiger charge is 2.33. The zero-order valence-corrected chi connectivity index (χ0v) is 16.9. The van der Waals surface area contributed by atoms with Crippen LogP contribution in [0.15, 0.2) is 30.5 Å². The van der Waals surface area contributed by atoms with Gasteiger partial charge in [-0.3, -0.25) is 4.90 Å². The Morgan fingerprint density at radius 1 is 1.13 bits per heavy atom. The van der Waals surface area contributed by atoms with E-state index < -0.39 is 11.7 Å². The smallest absolute Gasteiger partial charge is 0.340 e. The van der Waals surface area contributed by atoms with Gasteiger partial charge < -0.3 is 9.45 Å². The SMILES string of the molecule is OOc1cc(C(F)(F)F)ccc1C1CCN(Cc2nc3nccc4c3n2CCC4)CC1. The van der Waals surface area contributed by atoms with Crippen molar-refractivity contribution in [3.8, 4) is 5.75 Å². The summed E-state index contributed by atoms with van der Waals surface area (Å²) in [5.41, 5.74) is 3.04. The molecule has 3 aromatic rings. The second-order valence-corrected chi connectivity index (χ2v) is 8.32. The van der Waals surface area contributed by atoms with Crippen molar-refractivity contribution in [3.63, 3.8) is 0 Å². The van der Waals surface area contributed by atoms with Crippen molar-refractivity contribution < 1.29 is 23.3 Å². The summed E-state index contributed by atoms with van der Waals surface area (Å²) < 4.78 is 41.1. The van der Waals surface area contributed by atoms with E-state index in [-0.39, 0.29) is 11.7 Å². The van der Waals surface area contributed by atoms with Crippen LogP contribution in [0.4, 0.5) is 13.2 Å². The molecule has 6 nitrogen and oxygen atoms in total. The molecule has 0 atom stereocenters. The van der Waals surface area contributed by atoms with Gasteiger partial charge in [0.2, 0.25) is 0 Å². The molecule has 5 rings (SSSR count). The van der Waals surface area contributed by atoms with Crippen molar-refractivity contribution in [1.82, 2.24) is 19.4 Å². The molecule has 2 aliphatic heterocycles. The zero-order valence-electron chi connectivity index (χ0n) is 16.9. The predicted octanol–water partition coefficient (Wildman–Crippen LogP) is 4.63. The number of benzene rings is 1. The molecular formula is C22H23F3N4O2. The fourth-order valence-electron chi connectivity index (χ4n) is 4.89. The molecule has 2 aliphatic rings. The van der Waals surface area contributed by atoms with E-state index in [9.17, 15) is 13.2 Å². The van der Waals surface area contributed by atoms with Crippen LogP contribution in [-0.2, 0) is 25.7 Å². The largest absolute Gasteiger partial charge is 0.416 e. The number of hydrogen-bond acceptors (Lipinski definition) is 5. The first-order valence-corrected chi connectivity index (χ1v) is 10.5. The molecule has 164 valence electrons. The highest BCUT2D eigenvalue weighted by atomic mass is 19.4. The minimum absolute atomic E-state index is 0.0339. The summed E-state index contributed by atoms with van der Waals surface area (Å²) in [6.07, 6.45) is 1.03. The van der Waals surface area contributed by atoms with Gasteiger partial charge in [-0.25, -0.2) is 15.2 Å². The maximum Gasteiger partial charge on any atom is 0.416 e. The average molecular weight is 432 g/mol. The molecule has 4 heterocycles. The third kappa shape index (κ3) is 3.76. The van der Waals surface area contributed by atoms with Crippen molar-refractivity contribution in [2.24, 2.45) is 0 Å². The number of piperidine rings is 1. The van der Waals surface area contributed by atoms with Gasteiger partial charge >= 0.3 is 6.18 Å². The van der Waals surface area contributed by atoms with Gasteiger partial charge in [-0.1, -0.05) is 6.07 Å². The van der Waals surface area contributed by atoms with E-state index in [0.29, 0.717) is 5.56 Å². The van der Waals surface area contributed by atoms with E-state index in [1.54, 1.807) is 0 Å². The van der Waals surface area contributed by atoms with Crippen LogP contribution in [0.2, 0.25) is 0 Å². The van der Waals surface area contributed by atoms with Gasteiger partial charge in [-0.15, -0.1) is 0 Å². The first kappa shape index (κ1) is 20.3. The van der Waals surface area contributed by atoms with Crippen LogP contribution in [-0.4, -0.2) is 37.8 Å². The van der Waals surface area contributed by atoms with Gasteiger partial charge in [0.25, 0.3) is 0 Å². The summed E-state index contributed by atoms with van der Waals surface area (Å²) >= 11 is 0. The van der Waals surface area contributed by atoms with Gasteiger partial charge in [0.1, 0.15) is 5.82 Å². The topological polar surface area (TPSA) is 63.4 Å². The molecule has 1 saturated heterocycles. The summed E-state index contributed by atoms with van der Waals surface area (Å²) in [7, 11) is 0. The molecular weight excluding hydrogens is 409 g/mol. The number of hydrogen-bond donors (Lipinski definition) is 1. The van der Waals surface area contributed by atoms with Crippen LogP contribution in [0.25, 0.3) is 11.2 Å². The normalized spacial score (nSPS) is 17.9. The van der Waals surface area contributed by atoms with Gasteiger partial charge in [0.15, 0.2) is 11.4 Å². The molecule has 0 spiro atoms. The average Bonchev–Trinajstić information content (AvgIpc) is 3.12. The Labute approximate surface area is 177 Å². The molecule has 0 bridgehead atoms. The highest BCUT2D eigenvalue weighted by molar-refractivity contribution is 5.76. The lowest BCUT2D eigenvalue weighted by molar-refractivity contribution is -0.144. The molecule has 1 N–H and O–H groups in total. The second kappa shape index (κ2) is 7.80. The third-order valence-electron chi connectivity index (χ3n) is 6.46. The van der Waals surface area contributed by atoms with E-state index in [2.05, 4.69) is 25.4 Å². The van der Waals surface area contributed by atoms with E-state index in [4.69, 9.17) is 10.2 Å². The van der Waals surface area contributed by atoms with Crippen LogP contribution < -0.4 is 4.89 Å². The van der Waals surface area contributed by atoms with Crippen LogP contribution in [0.1, 0.15) is 47.7 Å². The maximum absolute atomic E-state index is 12.9. The number of alkyl halides is 3. The summed E-state index contributed by atoms with van der Waals surface area (Å²) in [5.74, 6) is 0.935. The Morgan fingerprint density at radius 2 is 1.94 bits per heavy atom. The molecule has 9 heteroatoms. The van der Waals surface area contributed by atoms with E-state index >= 15 is 0 Å². The van der Waals surface area contributed by atoms with Gasteiger partial charge in [0, 0.05) is 18.3 Å². The standard InChI is InChI=1S/C22H23F3N4O2/c23-22(24,25)16-3-4-17(18(12-16)31-30)14-6-10-28(11-7-14)13-19-27-21-20-15(5-8-26-21)2-1-9-29(19)20/h3-5,8,12,14,30H,1-2,6-7,9-11,13H2. The van der Waals surface area contributed by atoms with Crippen LogP contribution in [0.3, 0.4) is 0 Å². The van der Waals surface area contributed by atoms with E-state index in [0.717, 1.165) is 81.0 Å². The zero-order chi connectivity index (χ0) is 21.6. The summed E-state index contributed by atoms with van der Waals surface area (Å²) in [6, 6.07) is 5.41. The molecule has 0 saturated carbocycles. The molecule has 2 aromatic heterocycles. The molecule has 0 amide bonds. The lowest BCUT2D eigenvalue weighted by Gasteiger charge is -2.32. The summed E-state index contributed by atoms with van der Waals surface area (Å²) in [5, 5.41) is 9.15. The summed E-state index contributed by atoms with van der Waals surface area (Å²) in [6.45, 7) is 3.25. The second-order valence-electron chi connectivity index (χ2n) is 8.32. The van der Waals surface area contributed by atoms with Gasteiger partial charge in [-0.2, -0.15) is 13.2 Å². The Bertz CT molecular complexity index is 1100. The molecule has 1 aromatic carbocycles. The predicted molar refractivity (Wildman–Crippen MR) is 108 cm³/mol. The number of aryl methyl sites for hydroxylation is 2. The van der Waals surface area contributed by atoms with E-state index in [1.165, 1.54) is 11.6 Å². The first-order valence-electron chi connectivity index (χ1n) is 10.5. The van der Waals surface area contributed by atoms with Crippen molar-refractivity contribution >= 4 is 11.2 Å². The first-order chi connectivity index (χ1) is 14.9. The van der Waals surface area contributed by atoms with Crippen molar-refractivity contribution in [3.05, 3.63) is 53.0 Å². The molecule has 0 radical (unpaired) electrons. The lowest BCUT2D eigenvalue weighted by Crippen LogP contribution is -2.33. The number of likely N-dealkylation sites (tertiary alicyclic amines) is 1. The molecule has 1 fully saturated rings. The summed E-state index contributed by atoms with van der Waals surface area (Å²) in [4.78, 5) is 15.8. The number of nitrogens with zero attached hydrogens (tertiary/aromatic N) is 4. The highest BCUT2D eigenvalue weighted by Crippen LogP contribution is 2.39. The molecule has 0 aliphatic carbocycles. The van der Waals surface area contributed by atoms with Crippen LogP contribution in [0.5, 0.6) is 5.75 Å². The third-order valence-corrected chi connectivity index (χ3v) is 6.46. The van der Waals surface area contributed by atoms with Crippen molar-refractivity contribution in [2.75, 3.05) is 13.1 Å². The Kier molecular flexibility index (Phi) is 5.10. The lowest BCUT2D eigenvalue weighted by atomic mass is 9.88. The van der Waals surface area contributed by atoms with Gasteiger partial charge in [0.05, 0.1) is 17.6 Å². The maximum atomic E-state index is 12.9. The quantitative estimate of drug-likeness (QED) is 0.481. The van der Waals surface area contributed by atoms with Gasteiger partial charge in [-0.05, 0) is 68.5 Å². The Morgan fingerprint density at radius 3 is 2.68 bits per heavy atom. The van der Waals surface area contributed by atoms with Crippen molar-refractivity contribution in [2.45, 2.75) is 50.9 Å².